The number of sulfonamides is 1. The average molecular weight is 441 g/mol. The van der Waals surface area contributed by atoms with Crippen molar-refractivity contribution >= 4 is 33.2 Å². The second kappa shape index (κ2) is 9.14. The molecule has 0 amide bonds. The first-order chi connectivity index (χ1) is 13.2. The smallest absolute Gasteiger partial charge is 0.242 e. The zero-order valence-corrected chi connectivity index (χ0v) is 18.5. The Bertz CT molecular complexity index is 915. The molecular weight excluding hydrogens is 415 g/mol. The third kappa shape index (κ3) is 5.71. The van der Waals surface area contributed by atoms with Crippen LogP contribution in [0.2, 0.25) is 10.0 Å². The SMILES string of the molecule is CC(C)Cc1ccc(CN2CCC(NS(=O)(=O)c3cc(Cl)ccc3Cl)C2)cc1. The number of benzene rings is 2. The number of hydrogen-bond donors (Lipinski definition) is 1. The molecule has 0 radical (unpaired) electrons. The Morgan fingerprint density at radius 2 is 1.79 bits per heavy atom. The van der Waals surface area contributed by atoms with Gasteiger partial charge < -0.3 is 0 Å². The van der Waals surface area contributed by atoms with E-state index in [1.807, 2.05) is 0 Å². The molecule has 1 aliphatic rings. The van der Waals surface area contributed by atoms with Gasteiger partial charge in [0.1, 0.15) is 4.90 Å². The molecule has 1 N–H and O–H groups in total. The highest BCUT2D eigenvalue weighted by Crippen LogP contribution is 2.26. The van der Waals surface area contributed by atoms with Gasteiger partial charge in [-0.05, 0) is 48.1 Å². The molecular formula is C21H26Cl2N2O2S. The number of nitrogens with zero attached hydrogens (tertiary/aromatic N) is 1. The van der Waals surface area contributed by atoms with Crippen molar-refractivity contribution in [3.05, 3.63) is 63.6 Å². The quantitative estimate of drug-likeness (QED) is 0.675. The fourth-order valence-electron chi connectivity index (χ4n) is 3.55. The van der Waals surface area contributed by atoms with E-state index in [4.69, 9.17) is 23.2 Å². The average Bonchev–Trinajstić information content (AvgIpc) is 3.04. The van der Waals surface area contributed by atoms with E-state index in [1.54, 1.807) is 6.07 Å². The summed E-state index contributed by atoms with van der Waals surface area (Å²) < 4.78 is 28.1. The summed E-state index contributed by atoms with van der Waals surface area (Å²) in [4.78, 5) is 2.30. The lowest BCUT2D eigenvalue weighted by Gasteiger charge is -2.17. The molecule has 0 aliphatic carbocycles. The normalized spacial score (nSPS) is 18.1. The third-order valence-corrected chi connectivity index (χ3v) is 7.09. The van der Waals surface area contributed by atoms with E-state index in [0.717, 1.165) is 25.9 Å². The summed E-state index contributed by atoms with van der Waals surface area (Å²) in [5.41, 5.74) is 2.60. The van der Waals surface area contributed by atoms with Gasteiger partial charge in [-0.3, -0.25) is 4.90 Å². The van der Waals surface area contributed by atoms with Crippen molar-refractivity contribution in [2.45, 2.75) is 44.2 Å². The van der Waals surface area contributed by atoms with E-state index in [9.17, 15) is 8.42 Å². The van der Waals surface area contributed by atoms with Crippen molar-refractivity contribution in [1.82, 2.24) is 9.62 Å². The maximum absolute atomic E-state index is 12.7. The van der Waals surface area contributed by atoms with Gasteiger partial charge in [0.15, 0.2) is 0 Å². The predicted octanol–water partition coefficient (Wildman–Crippen LogP) is 4.74. The van der Waals surface area contributed by atoms with Crippen molar-refractivity contribution in [3.63, 3.8) is 0 Å². The Balaban J connectivity index is 1.58. The summed E-state index contributed by atoms with van der Waals surface area (Å²) in [6.07, 6.45) is 1.85. The first kappa shape index (κ1) is 21.6. The first-order valence-electron chi connectivity index (χ1n) is 9.50. The van der Waals surface area contributed by atoms with Gasteiger partial charge in [0.25, 0.3) is 0 Å². The number of nitrogens with one attached hydrogen (secondary N) is 1. The van der Waals surface area contributed by atoms with Gasteiger partial charge in [-0.2, -0.15) is 0 Å². The van der Waals surface area contributed by atoms with Gasteiger partial charge in [0.05, 0.1) is 5.02 Å². The van der Waals surface area contributed by atoms with Crippen LogP contribution in [0.1, 0.15) is 31.4 Å². The van der Waals surface area contributed by atoms with Gasteiger partial charge in [0, 0.05) is 30.7 Å². The fourth-order valence-corrected chi connectivity index (χ4v) is 5.57. The minimum Gasteiger partial charge on any atom is -0.297 e. The van der Waals surface area contributed by atoms with Gasteiger partial charge in [0.2, 0.25) is 10.0 Å². The van der Waals surface area contributed by atoms with E-state index < -0.39 is 10.0 Å². The molecule has 7 heteroatoms. The second-order valence-corrected chi connectivity index (χ2v) is 10.4. The van der Waals surface area contributed by atoms with Crippen molar-refractivity contribution in [3.8, 4) is 0 Å². The Morgan fingerprint density at radius 1 is 1.11 bits per heavy atom. The summed E-state index contributed by atoms with van der Waals surface area (Å²) in [5.74, 6) is 0.645. The number of likely N-dealkylation sites (tertiary alicyclic amines) is 1. The third-order valence-electron chi connectivity index (χ3n) is 4.85. The van der Waals surface area contributed by atoms with Crippen LogP contribution < -0.4 is 4.72 Å². The van der Waals surface area contributed by atoms with Crippen LogP contribution in [0.15, 0.2) is 47.4 Å². The molecule has 1 aliphatic heterocycles. The van der Waals surface area contributed by atoms with Gasteiger partial charge >= 0.3 is 0 Å². The highest BCUT2D eigenvalue weighted by molar-refractivity contribution is 7.89. The molecule has 1 unspecified atom stereocenters. The van der Waals surface area contributed by atoms with Crippen LogP contribution in [0.3, 0.4) is 0 Å². The topological polar surface area (TPSA) is 49.4 Å². The molecule has 0 spiro atoms. The van der Waals surface area contributed by atoms with Gasteiger partial charge in [-0.15, -0.1) is 0 Å². The highest BCUT2D eigenvalue weighted by Gasteiger charge is 2.28. The van der Waals surface area contributed by atoms with Crippen LogP contribution >= 0.6 is 23.2 Å². The molecule has 2 aromatic carbocycles. The maximum atomic E-state index is 12.7. The Kier molecular flexibility index (Phi) is 7.05. The van der Waals surface area contributed by atoms with E-state index in [1.165, 1.54) is 23.3 Å². The zero-order chi connectivity index (χ0) is 20.3. The fraction of sp³-hybridized carbons (Fsp3) is 0.429. The molecule has 1 fully saturated rings. The molecule has 28 heavy (non-hydrogen) atoms. The molecule has 0 aromatic heterocycles. The summed E-state index contributed by atoms with van der Waals surface area (Å²) >= 11 is 12.0. The summed E-state index contributed by atoms with van der Waals surface area (Å²) in [6.45, 7) is 6.78. The van der Waals surface area contributed by atoms with Crippen LogP contribution in [0, 0.1) is 5.92 Å². The Hall–Kier alpha value is -1.11. The zero-order valence-electron chi connectivity index (χ0n) is 16.2. The molecule has 152 valence electrons. The van der Waals surface area contributed by atoms with Crippen LogP contribution in [0.5, 0.6) is 0 Å². The summed E-state index contributed by atoms with van der Waals surface area (Å²) in [6, 6.07) is 13.0. The molecule has 0 saturated carbocycles. The minimum absolute atomic E-state index is 0.0286. The van der Waals surface area contributed by atoms with E-state index in [-0.39, 0.29) is 16.0 Å². The van der Waals surface area contributed by atoms with Crippen molar-refractivity contribution in [2.75, 3.05) is 13.1 Å². The number of rotatable bonds is 7. The first-order valence-corrected chi connectivity index (χ1v) is 11.7. The molecule has 0 bridgehead atoms. The van der Waals surface area contributed by atoms with Crippen LogP contribution in [-0.2, 0) is 23.0 Å². The lowest BCUT2D eigenvalue weighted by molar-refractivity contribution is 0.324. The molecule has 4 nitrogen and oxygen atoms in total. The van der Waals surface area contributed by atoms with Crippen LogP contribution in [0.4, 0.5) is 0 Å². The van der Waals surface area contributed by atoms with Crippen molar-refractivity contribution < 1.29 is 8.42 Å². The van der Waals surface area contributed by atoms with Gasteiger partial charge in [-0.1, -0.05) is 61.3 Å². The number of hydrogen-bond acceptors (Lipinski definition) is 3. The molecule has 1 atom stereocenters. The lowest BCUT2D eigenvalue weighted by atomic mass is 10.0. The van der Waals surface area contributed by atoms with E-state index in [2.05, 4.69) is 47.7 Å². The van der Waals surface area contributed by atoms with Gasteiger partial charge in [-0.25, -0.2) is 13.1 Å². The lowest BCUT2D eigenvalue weighted by Crippen LogP contribution is -2.37. The minimum atomic E-state index is -3.70. The highest BCUT2D eigenvalue weighted by atomic mass is 35.5. The Labute approximate surface area is 177 Å². The van der Waals surface area contributed by atoms with E-state index >= 15 is 0 Å². The number of halogens is 2. The second-order valence-electron chi connectivity index (χ2n) is 7.83. The Morgan fingerprint density at radius 3 is 2.46 bits per heavy atom. The summed E-state index contributed by atoms with van der Waals surface area (Å²) in [5, 5.41) is 0.520. The van der Waals surface area contributed by atoms with E-state index in [0.29, 0.717) is 17.5 Å². The predicted molar refractivity (Wildman–Crippen MR) is 115 cm³/mol. The van der Waals surface area contributed by atoms with Crippen molar-refractivity contribution in [1.29, 1.82) is 0 Å². The largest absolute Gasteiger partial charge is 0.297 e. The molecule has 2 aromatic rings. The summed E-state index contributed by atoms with van der Waals surface area (Å²) in [7, 11) is -3.70. The molecule has 3 rings (SSSR count). The molecule has 1 saturated heterocycles. The molecule has 1 heterocycles. The monoisotopic (exact) mass is 440 g/mol. The van der Waals surface area contributed by atoms with Crippen molar-refractivity contribution in [2.24, 2.45) is 5.92 Å². The standard InChI is InChI=1S/C21H26Cl2N2O2S/c1-15(2)11-16-3-5-17(6-4-16)13-25-10-9-19(14-25)24-28(26,27)21-12-18(22)7-8-20(21)23/h3-8,12,15,19,24H,9-11,13-14H2,1-2H3. The van der Waals surface area contributed by atoms with Crippen LogP contribution in [-0.4, -0.2) is 32.4 Å². The maximum Gasteiger partial charge on any atom is 0.242 e. The van der Waals surface area contributed by atoms with Crippen LogP contribution in [0.25, 0.3) is 0 Å².